The first-order valence-corrected chi connectivity index (χ1v) is 9.64. The Morgan fingerprint density at radius 1 is 1.30 bits per heavy atom. The molecule has 0 bridgehead atoms. The summed E-state index contributed by atoms with van der Waals surface area (Å²) < 4.78 is 0. The van der Waals surface area contributed by atoms with Crippen molar-refractivity contribution in [1.29, 1.82) is 0 Å². The number of carbonyl (C=O) groups is 3. The number of likely N-dealkylation sites (tertiary alicyclic amines) is 1. The van der Waals surface area contributed by atoms with Crippen LogP contribution in [0.5, 0.6) is 5.75 Å². The third-order valence-corrected chi connectivity index (χ3v) is 5.51. The lowest BCUT2D eigenvalue weighted by Gasteiger charge is -2.34. The fourth-order valence-corrected chi connectivity index (χ4v) is 3.31. The largest absolute Gasteiger partial charge is 0.508 e. The van der Waals surface area contributed by atoms with Gasteiger partial charge in [0, 0.05) is 18.5 Å². The number of hydrogen-bond donors (Lipinski definition) is 1. The van der Waals surface area contributed by atoms with Gasteiger partial charge in [0.2, 0.25) is 12.2 Å². The van der Waals surface area contributed by atoms with Gasteiger partial charge in [0.25, 0.3) is 5.91 Å². The molecule has 1 aliphatic rings. The van der Waals surface area contributed by atoms with Gasteiger partial charge in [0.1, 0.15) is 11.9 Å². The van der Waals surface area contributed by atoms with Gasteiger partial charge in [-0.15, -0.1) is 0 Å². The van der Waals surface area contributed by atoms with E-state index in [4.69, 9.17) is 0 Å². The summed E-state index contributed by atoms with van der Waals surface area (Å²) in [4.78, 5) is 40.1. The summed E-state index contributed by atoms with van der Waals surface area (Å²) in [5, 5.41) is 9.33. The predicted octanol–water partition coefficient (Wildman–Crippen LogP) is 2.74. The molecular weight excluding hydrogens is 344 g/mol. The summed E-state index contributed by atoms with van der Waals surface area (Å²) >= 11 is 0. The van der Waals surface area contributed by atoms with Crippen LogP contribution in [0.25, 0.3) is 0 Å². The van der Waals surface area contributed by atoms with E-state index in [1.54, 1.807) is 35.8 Å². The van der Waals surface area contributed by atoms with Gasteiger partial charge in [-0.3, -0.25) is 14.4 Å². The number of aryl methyl sites for hydroxylation is 1. The predicted molar refractivity (Wildman–Crippen MR) is 103 cm³/mol. The van der Waals surface area contributed by atoms with E-state index in [-0.39, 0.29) is 17.7 Å². The molecule has 0 aromatic heterocycles. The summed E-state index contributed by atoms with van der Waals surface area (Å²) in [5.74, 6) is -0.630. The van der Waals surface area contributed by atoms with Gasteiger partial charge < -0.3 is 14.9 Å². The van der Waals surface area contributed by atoms with Crippen LogP contribution in [0.2, 0.25) is 0 Å². The number of nitrogens with zero attached hydrogens (tertiary/aromatic N) is 2. The lowest BCUT2D eigenvalue weighted by Crippen LogP contribution is -2.51. The zero-order valence-corrected chi connectivity index (χ0v) is 16.5. The molecular formula is C21H30N2O4. The number of hydrogen-bond acceptors (Lipinski definition) is 4. The fraction of sp³-hybridized carbons (Fsp3) is 0.571. The Labute approximate surface area is 161 Å². The van der Waals surface area contributed by atoms with Gasteiger partial charge in [-0.25, -0.2) is 0 Å². The van der Waals surface area contributed by atoms with Crippen molar-refractivity contribution in [2.75, 3.05) is 13.1 Å². The van der Waals surface area contributed by atoms with Gasteiger partial charge in [0.05, 0.1) is 0 Å². The van der Waals surface area contributed by atoms with Crippen LogP contribution in [0.3, 0.4) is 0 Å². The molecule has 1 heterocycles. The standard InChI is InChI=1S/C21H30N2O4/c1-4-21(2,3)19(26)20(27)23-14-6-8-18(23)22(15-24)13-5-7-16-9-11-17(25)12-10-16/h9-12,15,18,25H,4-8,13-14H2,1-3H3/t18-/m0/s1. The number of Topliss-reactive ketones (excluding diaryl/α,β-unsaturated/α-hetero) is 1. The molecule has 1 atom stereocenters. The van der Waals surface area contributed by atoms with Gasteiger partial charge in [0.15, 0.2) is 0 Å². The van der Waals surface area contributed by atoms with Crippen LogP contribution in [-0.4, -0.2) is 52.3 Å². The molecule has 2 amide bonds. The van der Waals surface area contributed by atoms with E-state index in [2.05, 4.69) is 0 Å². The maximum atomic E-state index is 12.7. The number of rotatable bonds is 9. The molecule has 0 saturated carbocycles. The van der Waals surface area contributed by atoms with Gasteiger partial charge in [-0.2, -0.15) is 0 Å². The van der Waals surface area contributed by atoms with E-state index < -0.39 is 11.3 Å². The maximum Gasteiger partial charge on any atom is 0.292 e. The van der Waals surface area contributed by atoms with Crippen molar-refractivity contribution in [2.24, 2.45) is 5.41 Å². The van der Waals surface area contributed by atoms with E-state index in [9.17, 15) is 19.5 Å². The molecule has 6 heteroatoms. The first kappa shape index (κ1) is 20.9. The smallest absolute Gasteiger partial charge is 0.292 e. The average molecular weight is 374 g/mol. The molecule has 1 saturated heterocycles. The highest BCUT2D eigenvalue weighted by molar-refractivity contribution is 6.38. The van der Waals surface area contributed by atoms with Crippen LogP contribution in [0.1, 0.15) is 52.0 Å². The second kappa shape index (κ2) is 9.02. The van der Waals surface area contributed by atoms with Crippen molar-refractivity contribution in [3.05, 3.63) is 29.8 Å². The first-order chi connectivity index (χ1) is 12.8. The Bertz CT molecular complexity index is 669. The van der Waals surface area contributed by atoms with Gasteiger partial charge >= 0.3 is 0 Å². The molecule has 2 rings (SSSR count). The van der Waals surface area contributed by atoms with Crippen LogP contribution in [-0.2, 0) is 20.8 Å². The van der Waals surface area contributed by atoms with Crippen LogP contribution < -0.4 is 0 Å². The first-order valence-electron chi connectivity index (χ1n) is 9.64. The Kier molecular flexibility index (Phi) is 6.99. The van der Waals surface area contributed by atoms with E-state index in [0.717, 1.165) is 31.2 Å². The average Bonchev–Trinajstić information content (AvgIpc) is 3.15. The number of phenolic OH excluding ortho intramolecular Hbond substituents is 1. The third kappa shape index (κ3) is 5.08. The summed E-state index contributed by atoms with van der Waals surface area (Å²) in [5.41, 5.74) is 0.396. The molecule has 0 spiro atoms. The van der Waals surface area contributed by atoms with E-state index in [1.807, 2.05) is 19.1 Å². The molecule has 0 radical (unpaired) electrons. The Hall–Kier alpha value is -2.37. The number of amides is 2. The zero-order valence-electron chi connectivity index (χ0n) is 16.5. The van der Waals surface area contributed by atoms with Gasteiger partial charge in [-0.1, -0.05) is 32.9 Å². The molecule has 1 N–H and O–H groups in total. The van der Waals surface area contributed by atoms with Gasteiger partial charge in [-0.05, 0) is 49.8 Å². The molecule has 148 valence electrons. The lowest BCUT2D eigenvalue weighted by atomic mass is 9.84. The second-order valence-electron chi connectivity index (χ2n) is 7.80. The van der Waals surface area contributed by atoms with E-state index in [1.165, 1.54) is 0 Å². The fourth-order valence-electron chi connectivity index (χ4n) is 3.31. The number of benzene rings is 1. The minimum Gasteiger partial charge on any atom is -0.508 e. The number of carbonyl (C=O) groups excluding carboxylic acids is 3. The molecule has 27 heavy (non-hydrogen) atoms. The van der Waals surface area contributed by atoms with Crippen molar-refractivity contribution >= 4 is 18.1 Å². The Morgan fingerprint density at radius 2 is 1.96 bits per heavy atom. The highest BCUT2D eigenvalue weighted by Gasteiger charge is 2.40. The topological polar surface area (TPSA) is 77.9 Å². The summed E-state index contributed by atoms with van der Waals surface area (Å²) in [6.45, 7) is 6.50. The highest BCUT2D eigenvalue weighted by Crippen LogP contribution is 2.26. The SMILES string of the molecule is CCC(C)(C)C(=O)C(=O)N1CCC[C@H]1N(C=O)CCCc1ccc(O)cc1. The highest BCUT2D eigenvalue weighted by atomic mass is 16.3. The third-order valence-electron chi connectivity index (χ3n) is 5.51. The maximum absolute atomic E-state index is 12.7. The van der Waals surface area contributed by atoms with Crippen LogP contribution in [0, 0.1) is 5.41 Å². The molecule has 0 aliphatic carbocycles. The molecule has 1 aromatic rings. The normalized spacial score (nSPS) is 17.0. The van der Waals surface area contributed by atoms with Crippen LogP contribution >= 0.6 is 0 Å². The van der Waals surface area contributed by atoms with Crippen molar-refractivity contribution in [2.45, 2.75) is 59.0 Å². The Balaban J connectivity index is 1.98. The molecule has 1 aliphatic heterocycles. The van der Waals surface area contributed by atoms with Crippen molar-refractivity contribution in [1.82, 2.24) is 9.80 Å². The van der Waals surface area contributed by atoms with Crippen LogP contribution in [0.15, 0.2) is 24.3 Å². The van der Waals surface area contributed by atoms with Crippen molar-refractivity contribution in [3.63, 3.8) is 0 Å². The van der Waals surface area contributed by atoms with Crippen LogP contribution in [0.4, 0.5) is 0 Å². The second-order valence-corrected chi connectivity index (χ2v) is 7.80. The van der Waals surface area contributed by atoms with E-state index >= 15 is 0 Å². The van der Waals surface area contributed by atoms with Crippen molar-refractivity contribution in [3.8, 4) is 5.75 Å². The number of ketones is 1. The molecule has 6 nitrogen and oxygen atoms in total. The zero-order chi connectivity index (χ0) is 20.0. The summed E-state index contributed by atoms with van der Waals surface area (Å²) in [7, 11) is 0. The molecule has 1 aromatic carbocycles. The monoisotopic (exact) mass is 374 g/mol. The Morgan fingerprint density at radius 3 is 2.56 bits per heavy atom. The van der Waals surface area contributed by atoms with Crippen molar-refractivity contribution < 1.29 is 19.5 Å². The lowest BCUT2D eigenvalue weighted by molar-refractivity contribution is -0.152. The van der Waals surface area contributed by atoms with E-state index in [0.29, 0.717) is 25.9 Å². The summed E-state index contributed by atoms with van der Waals surface area (Å²) in [6.07, 6.45) is 4.04. The molecule has 0 unspecified atom stereocenters. The quantitative estimate of drug-likeness (QED) is 0.532. The number of aromatic hydroxyl groups is 1. The molecule has 1 fully saturated rings. The number of phenols is 1. The minimum atomic E-state index is -0.685. The minimum absolute atomic E-state index is 0.230. The summed E-state index contributed by atoms with van der Waals surface area (Å²) in [6, 6.07) is 7.01.